The third-order valence-corrected chi connectivity index (χ3v) is 2.83. The van der Waals surface area contributed by atoms with Crippen LogP contribution in [0.15, 0.2) is 18.2 Å². The van der Waals surface area contributed by atoms with E-state index in [4.69, 9.17) is 0 Å². The predicted octanol–water partition coefficient (Wildman–Crippen LogP) is 3.57. The molecule has 1 nitrogen and oxygen atoms in total. The Balaban J connectivity index is 2.74. The van der Waals surface area contributed by atoms with Gasteiger partial charge in [0.05, 0.1) is 0 Å². The van der Waals surface area contributed by atoms with Crippen LogP contribution in [0.5, 0.6) is 0 Å². The van der Waals surface area contributed by atoms with Crippen molar-refractivity contribution >= 4 is 23.0 Å². The molecule has 0 saturated heterocycles. The third kappa shape index (κ3) is 3.45. The molecule has 0 unspecified atom stereocenters. The van der Waals surface area contributed by atoms with Crippen molar-refractivity contribution in [2.75, 3.05) is 5.75 Å². The monoisotopic (exact) mass is 242 g/mol. The van der Waals surface area contributed by atoms with E-state index in [1.54, 1.807) is 12.2 Å². The van der Waals surface area contributed by atoms with Crippen molar-refractivity contribution in [2.24, 2.45) is 0 Å². The SMILES string of the molecule is CC(=O)SCC=Cc1ccc(F)c(F)c1C. The van der Waals surface area contributed by atoms with E-state index in [0.29, 0.717) is 11.3 Å². The first-order valence-corrected chi connectivity index (χ1v) is 5.75. The first-order valence-electron chi connectivity index (χ1n) is 4.77. The van der Waals surface area contributed by atoms with Crippen molar-refractivity contribution < 1.29 is 13.6 Å². The van der Waals surface area contributed by atoms with Gasteiger partial charge in [-0.15, -0.1) is 0 Å². The Morgan fingerprint density at radius 3 is 2.75 bits per heavy atom. The molecule has 0 atom stereocenters. The highest BCUT2D eigenvalue weighted by Crippen LogP contribution is 2.17. The summed E-state index contributed by atoms with van der Waals surface area (Å²) >= 11 is 1.17. The van der Waals surface area contributed by atoms with Gasteiger partial charge < -0.3 is 0 Å². The zero-order chi connectivity index (χ0) is 12.1. The predicted molar refractivity (Wildman–Crippen MR) is 63.3 cm³/mol. The van der Waals surface area contributed by atoms with E-state index >= 15 is 0 Å². The smallest absolute Gasteiger partial charge is 0.186 e. The average Bonchev–Trinajstić information content (AvgIpc) is 2.23. The zero-order valence-corrected chi connectivity index (χ0v) is 9.91. The van der Waals surface area contributed by atoms with Gasteiger partial charge in [-0.05, 0) is 24.1 Å². The van der Waals surface area contributed by atoms with Gasteiger partial charge in [-0.25, -0.2) is 8.78 Å². The van der Waals surface area contributed by atoms with Crippen LogP contribution < -0.4 is 0 Å². The topological polar surface area (TPSA) is 17.1 Å². The van der Waals surface area contributed by atoms with Crippen LogP contribution in [0, 0.1) is 18.6 Å². The molecule has 0 amide bonds. The van der Waals surface area contributed by atoms with E-state index in [-0.39, 0.29) is 10.7 Å². The first kappa shape index (κ1) is 12.9. The summed E-state index contributed by atoms with van der Waals surface area (Å²) in [5.41, 5.74) is 0.909. The quantitative estimate of drug-likeness (QED) is 0.806. The molecule has 86 valence electrons. The lowest BCUT2D eigenvalue weighted by Gasteiger charge is -2.02. The van der Waals surface area contributed by atoms with Gasteiger partial charge in [-0.1, -0.05) is 30.0 Å². The van der Waals surface area contributed by atoms with E-state index in [0.717, 1.165) is 6.07 Å². The minimum Gasteiger partial charge on any atom is -0.288 e. The fourth-order valence-electron chi connectivity index (χ4n) is 1.19. The Morgan fingerprint density at radius 2 is 2.12 bits per heavy atom. The lowest BCUT2D eigenvalue weighted by molar-refractivity contribution is -0.109. The van der Waals surface area contributed by atoms with Crippen LogP contribution in [0.25, 0.3) is 6.08 Å². The highest BCUT2D eigenvalue weighted by molar-refractivity contribution is 8.13. The Hall–Kier alpha value is -1.16. The van der Waals surface area contributed by atoms with Crippen molar-refractivity contribution in [3.8, 4) is 0 Å². The number of benzene rings is 1. The van der Waals surface area contributed by atoms with Gasteiger partial charge in [0.2, 0.25) is 0 Å². The molecule has 1 rings (SSSR count). The molecule has 0 saturated carbocycles. The summed E-state index contributed by atoms with van der Waals surface area (Å²) in [6.45, 7) is 3.01. The molecule has 1 aromatic rings. The minimum absolute atomic E-state index is 0.0339. The second-order valence-electron chi connectivity index (χ2n) is 3.28. The number of halogens is 2. The van der Waals surface area contributed by atoms with Gasteiger partial charge in [0.25, 0.3) is 0 Å². The van der Waals surface area contributed by atoms with E-state index in [9.17, 15) is 13.6 Å². The molecule has 0 N–H and O–H groups in total. The number of rotatable bonds is 3. The normalized spacial score (nSPS) is 11.0. The maximum absolute atomic E-state index is 13.2. The largest absolute Gasteiger partial charge is 0.288 e. The number of carbonyl (C=O) groups excluding carboxylic acids is 1. The molecule has 4 heteroatoms. The lowest BCUT2D eigenvalue weighted by Crippen LogP contribution is -1.91. The molecule has 0 radical (unpaired) electrons. The maximum Gasteiger partial charge on any atom is 0.186 e. The molecular weight excluding hydrogens is 230 g/mol. The van der Waals surface area contributed by atoms with Crippen molar-refractivity contribution in [1.82, 2.24) is 0 Å². The van der Waals surface area contributed by atoms with Crippen molar-refractivity contribution in [3.63, 3.8) is 0 Å². The van der Waals surface area contributed by atoms with Gasteiger partial charge >= 0.3 is 0 Å². The number of carbonyl (C=O) groups is 1. The first-order chi connectivity index (χ1) is 7.52. The van der Waals surface area contributed by atoms with Crippen molar-refractivity contribution in [3.05, 3.63) is 41.0 Å². The van der Waals surface area contributed by atoms with Gasteiger partial charge in [0.1, 0.15) is 0 Å². The number of hydrogen-bond donors (Lipinski definition) is 0. The highest BCUT2D eigenvalue weighted by Gasteiger charge is 2.06. The third-order valence-electron chi connectivity index (χ3n) is 2.06. The highest BCUT2D eigenvalue weighted by atomic mass is 32.2. The van der Waals surface area contributed by atoms with Crippen LogP contribution in [0.2, 0.25) is 0 Å². The molecule has 0 aliphatic rings. The molecular formula is C12H12F2OS. The van der Waals surface area contributed by atoms with Crippen LogP contribution in [0.3, 0.4) is 0 Å². The number of thioether (sulfide) groups is 1. The van der Waals surface area contributed by atoms with Crippen LogP contribution >= 0.6 is 11.8 Å². The molecule has 0 fully saturated rings. The Morgan fingerprint density at radius 1 is 1.44 bits per heavy atom. The van der Waals surface area contributed by atoms with Gasteiger partial charge in [0, 0.05) is 12.7 Å². The van der Waals surface area contributed by atoms with E-state index in [2.05, 4.69) is 0 Å². The fraction of sp³-hybridized carbons (Fsp3) is 0.250. The summed E-state index contributed by atoms with van der Waals surface area (Å²) in [4.78, 5) is 10.6. The van der Waals surface area contributed by atoms with Crippen LogP contribution in [0.4, 0.5) is 8.78 Å². The average molecular weight is 242 g/mol. The fourth-order valence-corrected chi connectivity index (χ4v) is 1.62. The Kier molecular flexibility index (Phi) is 4.68. The molecule has 16 heavy (non-hydrogen) atoms. The Bertz CT molecular complexity index is 427. The standard InChI is InChI=1S/C12H12F2OS/c1-8-10(4-3-7-16-9(2)15)5-6-11(13)12(8)14/h3-6H,7H2,1-2H3. The molecule has 0 aromatic heterocycles. The summed E-state index contributed by atoms with van der Waals surface area (Å²) in [7, 11) is 0. The van der Waals surface area contributed by atoms with E-state index < -0.39 is 11.6 Å². The van der Waals surface area contributed by atoms with Gasteiger partial charge in [-0.2, -0.15) is 0 Å². The lowest BCUT2D eigenvalue weighted by atomic mass is 10.1. The second-order valence-corrected chi connectivity index (χ2v) is 4.48. The van der Waals surface area contributed by atoms with Gasteiger partial charge in [0.15, 0.2) is 16.7 Å². The van der Waals surface area contributed by atoms with E-state index in [1.165, 1.54) is 31.7 Å². The molecule has 0 bridgehead atoms. The van der Waals surface area contributed by atoms with Crippen LogP contribution in [-0.2, 0) is 4.79 Å². The Labute approximate surface area is 97.5 Å². The minimum atomic E-state index is -0.840. The van der Waals surface area contributed by atoms with E-state index in [1.807, 2.05) is 0 Å². The summed E-state index contributed by atoms with van der Waals surface area (Å²) < 4.78 is 26.0. The van der Waals surface area contributed by atoms with Crippen LogP contribution in [0.1, 0.15) is 18.1 Å². The number of hydrogen-bond acceptors (Lipinski definition) is 2. The molecule has 1 aromatic carbocycles. The summed E-state index contributed by atoms with van der Waals surface area (Å²) in [5, 5.41) is 0.0339. The molecule has 0 aliphatic heterocycles. The molecule has 0 aliphatic carbocycles. The van der Waals surface area contributed by atoms with Gasteiger partial charge in [-0.3, -0.25) is 4.79 Å². The second kappa shape index (κ2) is 5.80. The molecule has 0 spiro atoms. The molecule has 0 heterocycles. The summed E-state index contributed by atoms with van der Waals surface area (Å²) in [6.07, 6.45) is 3.44. The van der Waals surface area contributed by atoms with Crippen molar-refractivity contribution in [2.45, 2.75) is 13.8 Å². The maximum atomic E-state index is 13.2. The van der Waals surface area contributed by atoms with Crippen molar-refractivity contribution in [1.29, 1.82) is 0 Å². The van der Waals surface area contributed by atoms with Crippen LogP contribution in [-0.4, -0.2) is 10.9 Å². The summed E-state index contributed by atoms with van der Waals surface area (Å²) in [5.74, 6) is -1.12. The zero-order valence-electron chi connectivity index (χ0n) is 9.09. The summed E-state index contributed by atoms with van der Waals surface area (Å²) in [6, 6.07) is 2.61.